The highest BCUT2D eigenvalue weighted by atomic mass is 16.2. The molecule has 0 N–H and O–H groups in total. The van der Waals surface area contributed by atoms with E-state index in [2.05, 4.69) is 78.6 Å². The lowest BCUT2D eigenvalue weighted by Crippen LogP contribution is -2.47. The Morgan fingerprint density at radius 2 is 1.61 bits per heavy atom. The van der Waals surface area contributed by atoms with Crippen LogP contribution in [0.3, 0.4) is 0 Å². The van der Waals surface area contributed by atoms with Gasteiger partial charge in [-0.25, -0.2) is 0 Å². The fraction of sp³-hybridized carbons (Fsp3) is 0.276. The smallest absolute Gasteiger partial charge is 0.223 e. The molecule has 0 fully saturated rings. The Morgan fingerprint density at radius 3 is 2.39 bits per heavy atom. The summed E-state index contributed by atoms with van der Waals surface area (Å²) >= 11 is 0. The molecule has 2 unspecified atom stereocenters. The zero-order valence-electron chi connectivity index (χ0n) is 18.1. The molecule has 2 nitrogen and oxygen atoms in total. The fourth-order valence-electron chi connectivity index (χ4n) is 5.42. The summed E-state index contributed by atoms with van der Waals surface area (Å²) in [6.45, 7) is 3.10. The molecule has 5 rings (SSSR count). The van der Waals surface area contributed by atoms with Crippen molar-refractivity contribution < 1.29 is 4.79 Å². The summed E-state index contributed by atoms with van der Waals surface area (Å²) in [6, 6.07) is 29.9. The highest BCUT2D eigenvalue weighted by molar-refractivity contribution is 5.83. The third kappa shape index (κ3) is 3.83. The molecule has 0 saturated heterocycles. The highest BCUT2D eigenvalue weighted by Gasteiger charge is 2.39. The minimum atomic E-state index is 0.127. The van der Waals surface area contributed by atoms with Crippen LogP contribution in [0.15, 0.2) is 90.5 Å². The first-order valence-corrected chi connectivity index (χ1v) is 11.4. The predicted molar refractivity (Wildman–Crippen MR) is 127 cm³/mol. The monoisotopic (exact) mass is 407 g/mol. The van der Waals surface area contributed by atoms with E-state index in [-0.39, 0.29) is 17.9 Å². The van der Waals surface area contributed by atoms with Crippen LogP contribution in [0.25, 0.3) is 5.57 Å². The van der Waals surface area contributed by atoms with Gasteiger partial charge in [0.25, 0.3) is 0 Å². The number of hydrogen-bond donors (Lipinski definition) is 0. The van der Waals surface area contributed by atoms with Gasteiger partial charge < -0.3 is 4.90 Å². The standard InChI is InChI=1S/C29H29NO/c1-21(23-12-6-3-7-13-23)29-27-20-24-14-8-9-15-25(24)26(27)18-19-30(29)28(31)17-16-22-10-4-2-5-11-22/h2-15,21,29H,16-20H2,1H3. The van der Waals surface area contributed by atoms with E-state index in [0.717, 1.165) is 25.8 Å². The molecule has 3 aromatic carbocycles. The summed E-state index contributed by atoms with van der Waals surface area (Å²) in [7, 11) is 0. The second-order valence-electron chi connectivity index (χ2n) is 8.80. The number of hydrogen-bond acceptors (Lipinski definition) is 1. The SMILES string of the molecule is CC(c1ccccc1)C1C2=C(CCN1C(=O)CCc1ccccc1)c1ccccc1C2. The van der Waals surface area contributed by atoms with Crippen LogP contribution >= 0.6 is 0 Å². The second kappa shape index (κ2) is 8.55. The minimum absolute atomic E-state index is 0.127. The van der Waals surface area contributed by atoms with Gasteiger partial charge in [0.05, 0.1) is 6.04 Å². The molecule has 1 aliphatic heterocycles. The normalized spacial score (nSPS) is 18.5. The van der Waals surface area contributed by atoms with Crippen molar-refractivity contribution in [1.29, 1.82) is 0 Å². The lowest BCUT2D eigenvalue weighted by Gasteiger charge is -2.41. The number of carbonyl (C=O) groups excluding carboxylic acids is 1. The van der Waals surface area contributed by atoms with Crippen molar-refractivity contribution in [3.05, 3.63) is 113 Å². The summed E-state index contributed by atoms with van der Waals surface area (Å²) in [5.74, 6) is 0.542. The van der Waals surface area contributed by atoms with Crippen LogP contribution in [0.1, 0.15) is 47.9 Å². The van der Waals surface area contributed by atoms with Crippen LogP contribution in [-0.4, -0.2) is 23.4 Å². The van der Waals surface area contributed by atoms with Crippen LogP contribution in [0, 0.1) is 0 Å². The Morgan fingerprint density at radius 1 is 0.935 bits per heavy atom. The van der Waals surface area contributed by atoms with Crippen molar-refractivity contribution in [2.24, 2.45) is 0 Å². The van der Waals surface area contributed by atoms with E-state index in [1.807, 2.05) is 18.2 Å². The number of amides is 1. The van der Waals surface area contributed by atoms with Crippen LogP contribution in [-0.2, 0) is 17.6 Å². The quantitative estimate of drug-likeness (QED) is 0.505. The number of nitrogens with zero attached hydrogens (tertiary/aromatic N) is 1. The number of benzene rings is 3. The van der Waals surface area contributed by atoms with Gasteiger partial charge in [-0.2, -0.15) is 0 Å². The summed E-state index contributed by atoms with van der Waals surface area (Å²) < 4.78 is 0. The van der Waals surface area contributed by atoms with Gasteiger partial charge in [0.15, 0.2) is 0 Å². The summed E-state index contributed by atoms with van der Waals surface area (Å²) in [6.07, 6.45) is 3.30. The zero-order valence-corrected chi connectivity index (χ0v) is 18.1. The maximum Gasteiger partial charge on any atom is 0.223 e. The van der Waals surface area contributed by atoms with Crippen molar-refractivity contribution >= 4 is 11.5 Å². The largest absolute Gasteiger partial charge is 0.335 e. The molecule has 0 radical (unpaired) electrons. The molecular weight excluding hydrogens is 378 g/mol. The molecule has 1 heterocycles. The minimum Gasteiger partial charge on any atom is -0.335 e. The molecule has 1 amide bonds. The number of carbonyl (C=O) groups is 1. The Balaban J connectivity index is 1.46. The van der Waals surface area contributed by atoms with Crippen molar-refractivity contribution in [2.45, 2.75) is 44.6 Å². The number of rotatable bonds is 5. The maximum atomic E-state index is 13.5. The first kappa shape index (κ1) is 19.8. The summed E-state index contributed by atoms with van der Waals surface area (Å²) in [5, 5.41) is 0. The first-order valence-electron chi connectivity index (χ1n) is 11.4. The Hall–Kier alpha value is -3.13. The molecule has 0 bridgehead atoms. The summed E-state index contributed by atoms with van der Waals surface area (Å²) in [4.78, 5) is 15.7. The molecule has 0 spiro atoms. The van der Waals surface area contributed by atoms with Gasteiger partial charge in [0.1, 0.15) is 0 Å². The van der Waals surface area contributed by atoms with Gasteiger partial charge in [-0.1, -0.05) is 91.9 Å². The van der Waals surface area contributed by atoms with Gasteiger partial charge in [-0.15, -0.1) is 0 Å². The third-order valence-corrected chi connectivity index (χ3v) is 7.00. The molecule has 2 aliphatic rings. The van der Waals surface area contributed by atoms with Crippen molar-refractivity contribution in [1.82, 2.24) is 4.90 Å². The number of fused-ring (bicyclic) bond motifs is 2. The van der Waals surface area contributed by atoms with Crippen LogP contribution in [0.4, 0.5) is 0 Å². The molecule has 1 aliphatic carbocycles. The Labute approximate surface area is 185 Å². The van der Waals surface area contributed by atoms with Crippen molar-refractivity contribution in [3.8, 4) is 0 Å². The van der Waals surface area contributed by atoms with Crippen LogP contribution in [0.2, 0.25) is 0 Å². The molecule has 156 valence electrons. The van der Waals surface area contributed by atoms with Crippen molar-refractivity contribution in [3.63, 3.8) is 0 Å². The molecule has 31 heavy (non-hydrogen) atoms. The molecule has 0 aromatic heterocycles. The van der Waals surface area contributed by atoms with E-state index in [1.54, 1.807) is 0 Å². The first-order chi connectivity index (χ1) is 15.2. The molecular formula is C29H29NO. The molecule has 2 heteroatoms. The lowest BCUT2D eigenvalue weighted by molar-refractivity contribution is -0.133. The van der Waals surface area contributed by atoms with E-state index in [1.165, 1.54) is 33.4 Å². The summed E-state index contributed by atoms with van der Waals surface area (Å²) in [5.41, 5.74) is 8.29. The third-order valence-electron chi connectivity index (χ3n) is 7.00. The van der Waals surface area contributed by atoms with Gasteiger partial charge in [0.2, 0.25) is 5.91 Å². The van der Waals surface area contributed by atoms with Crippen LogP contribution < -0.4 is 0 Å². The molecule has 3 aromatic rings. The predicted octanol–water partition coefficient (Wildman–Crippen LogP) is 6.03. The van der Waals surface area contributed by atoms with Crippen molar-refractivity contribution in [2.75, 3.05) is 6.54 Å². The van der Waals surface area contributed by atoms with E-state index in [4.69, 9.17) is 0 Å². The Kier molecular flexibility index (Phi) is 5.46. The van der Waals surface area contributed by atoms with Gasteiger partial charge >= 0.3 is 0 Å². The van der Waals surface area contributed by atoms with E-state index in [9.17, 15) is 4.79 Å². The van der Waals surface area contributed by atoms with Crippen LogP contribution in [0.5, 0.6) is 0 Å². The molecule has 2 atom stereocenters. The van der Waals surface area contributed by atoms with E-state index < -0.39 is 0 Å². The van der Waals surface area contributed by atoms with E-state index >= 15 is 0 Å². The zero-order chi connectivity index (χ0) is 21.2. The van der Waals surface area contributed by atoms with E-state index in [0.29, 0.717) is 6.42 Å². The lowest BCUT2D eigenvalue weighted by atomic mass is 9.82. The topological polar surface area (TPSA) is 20.3 Å². The van der Waals surface area contributed by atoms with Gasteiger partial charge in [0, 0.05) is 18.9 Å². The highest BCUT2D eigenvalue weighted by Crippen LogP contribution is 2.44. The fourth-order valence-corrected chi connectivity index (χ4v) is 5.42. The molecule has 0 saturated carbocycles. The average Bonchev–Trinajstić information content (AvgIpc) is 3.21. The van der Waals surface area contributed by atoms with Gasteiger partial charge in [-0.3, -0.25) is 4.79 Å². The Bertz CT molecular complexity index is 1100. The maximum absolute atomic E-state index is 13.5. The number of aryl methyl sites for hydroxylation is 1. The second-order valence-corrected chi connectivity index (χ2v) is 8.80. The average molecular weight is 408 g/mol. The van der Waals surface area contributed by atoms with Gasteiger partial charge in [-0.05, 0) is 52.7 Å².